The molecule has 1 unspecified atom stereocenters. The zero-order valence-corrected chi connectivity index (χ0v) is 14.4. The molecule has 0 fully saturated rings. The number of nitrogens with one attached hydrogen (secondary N) is 1. The van der Waals surface area contributed by atoms with Crippen molar-refractivity contribution in [1.82, 2.24) is 14.8 Å². The molecule has 2 aromatic rings. The number of nitro groups is 1. The average molecular weight is 342 g/mol. The molecule has 132 valence electrons. The van der Waals surface area contributed by atoms with Crippen LogP contribution in [0.15, 0.2) is 36.5 Å². The molecular weight excluding hydrogens is 320 g/mol. The largest absolute Gasteiger partial charge is 0.349 e. The number of hydrogen-bond donors (Lipinski definition) is 1. The lowest BCUT2D eigenvalue weighted by Gasteiger charge is -2.33. The van der Waals surface area contributed by atoms with E-state index in [0.29, 0.717) is 12.2 Å². The summed E-state index contributed by atoms with van der Waals surface area (Å²) in [4.78, 5) is 25.0. The van der Waals surface area contributed by atoms with Crippen molar-refractivity contribution in [2.24, 2.45) is 7.05 Å². The first-order valence-corrected chi connectivity index (χ1v) is 8.35. The lowest BCUT2D eigenvalue weighted by Crippen LogP contribution is -2.44. The standard InChI is InChI=1S/C18H22N4O3/c1-13(21-8-7-14-5-3-4-6-15(14)11-21)10-19-18(23)17-9-16(22(24)25)12-20(17)2/h3-6,9,12-13H,7-8,10-11H2,1-2H3,(H,19,23). The van der Waals surface area contributed by atoms with Crippen LogP contribution < -0.4 is 5.32 Å². The highest BCUT2D eigenvalue weighted by Crippen LogP contribution is 2.20. The number of fused-ring (bicyclic) bond motifs is 1. The highest BCUT2D eigenvalue weighted by Gasteiger charge is 2.22. The van der Waals surface area contributed by atoms with Crippen LogP contribution in [0, 0.1) is 10.1 Å². The maximum Gasteiger partial charge on any atom is 0.287 e. The van der Waals surface area contributed by atoms with Gasteiger partial charge in [-0.05, 0) is 24.5 Å². The Morgan fingerprint density at radius 1 is 1.36 bits per heavy atom. The van der Waals surface area contributed by atoms with Crippen LogP contribution in [-0.2, 0) is 20.0 Å². The highest BCUT2D eigenvalue weighted by molar-refractivity contribution is 5.93. The monoisotopic (exact) mass is 342 g/mol. The van der Waals surface area contributed by atoms with Gasteiger partial charge in [-0.1, -0.05) is 24.3 Å². The molecule has 0 bridgehead atoms. The highest BCUT2D eigenvalue weighted by atomic mass is 16.6. The van der Waals surface area contributed by atoms with E-state index in [1.807, 2.05) is 0 Å². The van der Waals surface area contributed by atoms with Crippen molar-refractivity contribution in [3.05, 3.63) is 63.5 Å². The number of aryl methyl sites for hydroxylation is 1. The molecular formula is C18H22N4O3. The topological polar surface area (TPSA) is 80.4 Å². The SMILES string of the molecule is CC(CNC(=O)c1cc([N+](=O)[O-])cn1C)N1CCc2ccccc2C1. The average Bonchev–Trinajstić information content (AvgIpc) is 3.01. The molecule has 2 heterocycles. The van der Waals surface area contributed by atoms with Crippen LogP contribution in [0.4, 0.5) is 5.69 Å². The van der Waals surface area contributed by atoms with Gasteiger partial charge >= 0.3 is 0 Å². The third-order valence-corrected chi connectivity index (χ3v) is 4.78. The van der Waals surface area contributed by atoms with Crippen molar-refractivity contribution in [2.75, 3.05) is 13.1 Å². The number of aromatic nitrogens is 1. The number of carbonyl (C=O) groups is 1. The number of amides is 1. The molecule has 1 aliphatic rings. The molecule has 0 saturated carbocycles. The van der Waals surface area contributed by atoms with Crippen molar-refractivity contribution >= 4 is 11.6 Å². The van der Waals surface area contributed by atoms with Crippen LogP contribution in [0.3, 0.4) is 0 Å². The van der Waals surface area contributed by atoms with Crippen LogP contribution in [0.2, 0.25) is 0 Å². The van der Waals surface area contributed by atoms with Crippen LogP contribution in [0.1, 0.15) is 28.5 Å². The number of nitrogens with zero attached hydrogens (tertiary/aromatic N) is 3. The Labute approximate surface area is 146 Å². The molecule has 0 radical (unpaired) electrons. The molecule has 0 spiro atoms. The summed E-state index contributed by atoms with van der Waals surface area (Å²) in [5.41, 5.74) is 2.95. The van der Waals surface area contributed by atoms with E-state index in [9.17, 15) is 14.9 Å². The molecule has 1 atom stereocenters. The number of hydrogen-bond acceptors (Lipinski definition) is 4. The predicted molar refractivity (Wildman–Crippen MR) is 94.4 cm³/mol. The van der Waals surface area contributed by atoms with Gasteiger partial charge in [-0.15, -0.1) is 0 Å². The molecule has 1 amide bonds. The van der Waals surface area contributed by atoms with E-state index < -0.39 is 4.92 Å². The van der Waals surface area contributed by atoms with Crippen LogP contribution in [-0.4, -0.2) is 39.4 Å². The summed E-state index contributed by atoms with van der Waals surface area (Å²) in [6.07, 6.45) is 2.36. The number of benzene rings is 1. The van der Waals surface area contributed by atoms with Crippen LogP contribution in [0.5, 0.6) is 0 Å². The van der Waals surface area contributed by atoms with Crippen LogP contribution >= 0.6 is 0 Å². The second kappa shape index (κ2) is 7.06. The predicted octanol–water partition coefficient (Wildman–Crippen LogP) is 2.11. The third kappa shape index (κ3) is 3.71. The lowest BCUT2D eigenvalue weighted by molar-refractivity contribution is -0.384. The minimum atomic E-state index is -0.495. The van der Waals surface area contributed by atoms with Gasteiger partial charge in [-0.2, -0.15) is 0 Å². The molecule has 25 heavy (non-hydrogen) atoms. The maximum atomic E-state index is 12.3. The van der Waals surface area contributed by atoms with E-state index in [4.69, 9.17) is 0 Å². The fraction of sp³-hybridized carbons (Fsp3) is 0.389. The zero-order chi connectivity index (χ0) is 18.0. The molecule has 7 heteroatoms. The molecule has 0 aliphatic carbocycles. The van der Waals surface area contributed by atoms with E-state index in [1.54, 1.807) is 7.05 Å². The maximum absolute atomic E-state index is 12.3. The second-order valence-electron chi connectivity index (χ2n) is 6.50. The van der Waals surface area contributed by atoms with E-state index >= 15 is 0 Å². The van der Waals surface area contributed by atoms with Crippen molar-refractivity contribution < 1.29 is 9.72 Å². The van der Waals surface area contributed by atoms with E-state index in [1.165, 1.54) is 28.0 Å². The van der Waals surface area contributed by atoms with Gasteiger partial charge in [0.05, 0.1) is 11.1 Å². The number of rotatable bonds is 5. The molecule has 1 aromatic heterocycles. The van der Waals surface area contributed by atoms with Gasteiger partial charge in [0, 0.05) is 38.8 Å². The van der Waals surface area contributed by atoms with Gasteiger partial charge in [-0.3, -0.25) is 19.8 Å². The van der Waals surface area contributed by atoms with Crippen molar-refractivity contribution in [3.8, 4) is 0 Å². The van der Waals surface area contributed by atoms with Gasteiger partial charge in [0.1, 0.15) is 5.69 Å². The second-order valence-corrected chi connectivity index (χ2v) is 6.50. The first kappa shape index (κ1) is 17.2. The van der Waals surface area contributed by atoms with Crippen molar-refractivity contribution in [1.29, 1.82) is 0 Å². The smallest absolute Gasteiger partial charge is 0.287 e. The Balaban J connectivity index is 1.58. The Hall–Kier alpha value is -2.67. The van der Waals surface area contributed by atoms with E-state index in [-0.39, 0.29) is 17.6 Å². The summed E-state index contributed by atoms with van der Waals surface area (Å²) < 4.78 is 1.48. The quantitative estimate of drug-likeness (QED) is 0.667. The van der Waals surface area contributed by atoms with Gasteiger partial charge < -0.3 is 9.88 Å². The van der Waals surface area contributed by atoms with E-state index in [0.717, 1.165) is 19.5 Å². The molecule has 1 aliphatic heterocycles. The van der Waals surface area contributed by atoms with Gasteiger partial charge in [0.15, 0.2) is 0 Å². The molecule has 7 nitrogen and oxygen atoms in total. The summed E-state index contributed by atoms with van der Waals surface area (Å²) in [5.74, 6) is -0.292. The molecule has 0 saturated heterocycles. The van der Waals surface area contributed by atoms with Gasteiger partial charge in [-0.25, -0.2) is 0 Å². The normalized spacial score (nSPS) is 15.4. The zero-order valence-electron chi connectivity index (χ0n) is 14.4. The first-order chi connectivity index (χ1) is 12.0. The van der Waals surface area contributed by atoms with Crippen molar-refractivity contribution in [2.45, 2.75) is 25.9 Å². The molecule has 1 aromatic carbocycles. The lowest BCUT2D eigenvalue weighted by atomic mass is 9.99. The third-order valence-electron chi connectivity index (χ3n) is 4.78. The fourth-order valence-electron chi connectivity index (χ4n) is 3.23. The van der Waals surface area contributed by atoms with Crippen LogP contribution in [0.25, 0.3) is 0 Å². The molecule has 3 rings (SSSR count). The minimum absolute atomic E-state index is 0.0756. The summed E-state index contributed by atoms with van der Waals surface area (Å²) in [5, 5.41) is 13.7. The minimum Gasteiger partial charge on any atom is -0.349 e. The summed E-state index contributed by atoms with van der Waals surface area (Å²) in [6.45, 7) is 4.42. The Morgan fingerprint density at radius 3 is 2.76 bits per heavy atom. The molecule has 1 N–H and O–H groups in total. The van der Waals surface area contributed by atoms with Crippen molar-refractivity contribution in [3.63, 3.8) is 0 Å². The Kier molecular flexibility index (Phi) is 4.85. The van der Waals surface area contributed by atoms with E-state index in [2.05, 4.69) is 41.4 Å². The summed E-state index contributed by atoms with van der Waals surface area (Å²) >= 11 is 0. The summed E-state index contributed by atoms with van der Waals surface area (Å²) in [6, 6.07) is 9.93. The first-order valence-electron chi connectivity index (χ1n) is 8.35. The fourth-order valence-corrected chi connectivity index (χ4v) is 3.23. The number of carbonyl (C=O) groups excluding carboxylic acids is 1. The summed E-state index contributed by atoms with van der Waals surface area (Å²) in [7, 11) is 1.63. The van der Waals surface area contributed by atoms with Gasteiger partial charge in [0.2, 0.25) is 0 Å². The Bertz CT molecular complexity index is 799. The van der Waals surface area contributed by atoms with Gasteiger partial charge in [0.25, 0.3) is 11.6 Å². The Morgan fingerprint density at radius 2 is 2.08 bits per heavy atom.